The number of aromatic hydroxyl groups is 1. The molecule has 0 saturated heterocycles. The predicted molar refractivity (Wildman–Crippen MR) is 72.8 cm³/mol. The van der Waals surface area contributed by atoms with Crippen LogP contribution in [0.3, 0.4) is 0 Å². The molecule has 0 bridgehead atoms. The number of hydrogen-bond donors (Lipinski definition) is 1. The van der Waals surface area contributed by atoms with Crippen molar-refractivity contribution in [1.82, 2.24) is 0 Å². The number of fused-ring (bicyclic) bond motifs is 1. The van der Waals surface area contributed by atoms with Crippen LogP contribution in [0.5, 0.6) is 5.75 Å². The molecular formula is C15H14O4. The average molecular weight is 258 g/mol. The highest BCUT2D eigenvalue weighted by molar-refractivity contribution is 6.08. The first-order valence-corrected chi connectivity index (χ1v) is 5.86. The Labute approximate surface area is 110 Å². The van der Waals surface area contributed by atoms with Gasteiger partial charge in [0.25, 0.3) is 0 Å². The van der Waals surface area contributed by atoms with Crippen LogP contribution in [0, 0.1) is 6.92 Å². The lowest BCUT2D eigenvalue weighted by Crippen LogP contribution is -2.04. The van der Waals surface area contributed by atoms with Gasteiger partial charge in [-0.3, -0.25) is 4.79 Å². The van der Waals surface area contributed by atoms with Crippen molar-refractivity contribution in [2.75, 3.05) is 0 Å². The van der Waals surface area contributed by atoms with Gasteiger partial charge >= 0.3 is 5.63 Å². The molecular weight excluding hydrogens is 244 g/mol. The zero-order valence-electron chi connectivity index (χ0n) is 10.8. The second-order valence-corrected chi connectivity index (χ2v) is 4.43. The summed E-state index contributed by atoms with van der Waals surface area (Å²) >= 11 is 0. The lowest BCUT2D eigenvalue weighted by atomic mass is 9.98. The van der Waals surface area contributed by atoms with E-state index in [1.807, 2.05) is 0 Å². The zero-order valence-corrected chi connectivity index (χ0v) is 10.8. The number of phenols is 1. The summed E-state index contributed by atoms with van der Waals surface area (Å²) < 4.78 is 5.09. The number of allylic oxidation sites excluding steroid dienone is 1. The monoisotopic (exact) mass is 258 g/mol. The summed E-state index contributed by atoms with van der Waals surface area (Å²) in [6.07, 6.45) is 2.07. The minimum absolute atomic E-state index is 0.0511. The van der Waals surface area contributed by atoms with Crippen molar-refractivity contribution < 1.29 is 14.3 Å². The number of carbonyl (C=O) groups is 1. The van der Waals surface area contributed by atoms with Crippen molar-refractivity contribution >= 4 is 16.8 Å². The number of hydrogen-bond acceptors (Lipinski definition) is 4. The fraction of sp³-hybridized carbons (Fsp3) is 0.200. The van der Waals surface area contributed by atoms with Crippen LogP contribution in [0.4, 0.5) is 0 Å². The molecule has 4 nitrogen and oxygen atoms in total. The number of ketones is 1. The van der Waals surface area contributed by atoms with Gasteiger partial charge in [0, 0.05) is 11.5 Å². The van der Waals surface area contributed by atoms with Crippen LogP contribution in [0.25, 0.3) is 11.0 Å². The Kier molecular flexibility index (Phi) is 3.25. The normalized spacial score (nSPS) is 10.6. The van der Waals surface area contributed by atoms with E-state index in [9.17, 15) is 14.7 Å². The van der Waals surface area contributed by atoms with Gasteiger partial charge in [0.15, 0.2) is 11.4 Å². The summed E-state index contributed by atoms with van der Waals surface area (Å²) in [4.78, 5) is 23.1. The van der Waals surface area contributed by atoms with Crippen LogP contribution >= 0.6 is 0 Å². The number of carbonyl (C=O) groups excluding carboxylic acids is 1. The SMILES string of the molecule is C=CCc1cc2c(C)cc(=O)oc2c(C(C)=O)c1O. The summed E-state index contributed by atoms with van der Waals surface area (Å²) in [6, 6.07) is 3.08. The van der Waals surface area contributed by atoms with Crippen LogP contribution in [0.1, 0.15) is 28.4 Å². The second kappa shape index (κ2) is 4.72. The topological polar surface area (TPSA) is 67.5 Å². The molecule has 19 heavy (non-hydrogen) atoms. The van der Waals surface area contributed by atoms with Crippen molar-refractivity contribution in [3.8, 4) is 5.75 Å². The van der Waals surface area contributed by atoms with Crippen molar-refractivity contribution in [3.63, 3.8) is 0 Å². The summed E-state index contributed by atoms with van der Waals surface area (Å²) in [6.45, 7) is 6.71. The highest BCUT2D eigenvalue weighted by atomic mass is 16.4. The molecule has 98 valence electrons. The van der Waals surface area contributed by atoms with E-state index in [4.69, 9.17) is 4.42 Å². The fourth-order valence-corrected chi connectivity index (χ4v) is 2.13. The Morgan fingerprint density at radius 1 is 1.47 bits per heavy atom. The summed E-state index contributed by atoms with van der Waals surface area (Å²) in [5.41, 5.74) is 0.949. The minimum Gasteiger partial charge on any atom is -0.507 e. The number of Topliss-reactive ketones (excluding diaryl/α,β-unsaturated/α-hetero) is 1. The molecule has 0 aliphatic carbocycles. The van der Waals surface area contributed by atoms with Gasteiger partial charge in [0.1, 0.15) is 11.3 Å². The van der Waals surface area contributed by atoms with E-state index < -0.39 is 5.63 Å². The van der Waals surface area contributed by atoms with Crippen LogP contribution in [-0.2, 0) is 6.42 Å². The van der Waals surface area contributed by atoms with Gasteiger partial charge < -0.3 is 9.52 Å². The lowest BCUT2D eigenvalue weighted by Gasteiger charge is -2.11. The van der Waals surface area contributed by atoms with Crippen molar-refractivity contribution in [3.05, 3.63) is 51.9 Å². The Morgan fingerprint density at radius 2 is 2.16 bits per heavy atom. The maximum absolute atomic E-state index is 11.7. The molecule has 0 spiro atoms. The zero-order chi connectivity index (χ0) is 14.2. The summed E-state index contributed by atoms with van der Waals surface area (Å²) in [7, 11) is 0. The maximum atomic E-state index is 11.7. The van der Waals surface area contributed by atoms with Gasteiger partial charge in [0.2, 0.25) is 0 Å². The first-order chi connectivity index (χ1) is 8.95. The largest absolute Gasteiger partial charge is 0.507 e. The molecule has 1 heterocycles. The van der Waals surface area contributed by atoms with Gasteiger partial charge in [-0.2, -0.15) is 0 Å². The molecule has 1 aromatic heterocycles. The van der Waals surface area contributed by atoms with E-state index in [0.717, 1.165) is 0 Å². The van der Waals surface area contributed by atoms with E-state index in [1.165, 1.54) is 13.0 Å². The molecule has 0 amide bonds. The third-order valence-electron chi connectivity index (χ3n) is 3.01. The standard InChI is InChI=1S/C15H14O4/c1-4-5-10-7-11-8(2)6-12(17)19-15(11)13(9(3)16)14(10)18/h4,6-7,18H,1,5H2,2-3H3. The summed E-state index contributed by atoms with van der Waals surface area (Å²) in [5, 5.41) is 10.8. The van der Waals surface area contributed by atoms with E-state index in [-0.39, 0.29) is 22.7 Å². The number of aryl methyl sites for hydroxylation is 1. The van der Waals surface area contributed by atoms with Crippen molar-refractivity contribution in [2.45, 2.75) is 20.3 Å². The Balaban J connectivity index is 3.00. The van der Waals surface area contributed by atoms with Crippen molar-refractivity contribution in [2.24, 2.45) is 0 Å². The van der Waals surface area contributed by atoms with E-state index in [1.54, 1.807) is 19.1 Å². The predicted octanol–water partition coefficient (Wildman–Crippen LogP) is 2.74. The average Bonchev–Trinajstić information content (AvgIpc) is 2.30. The first-order valence-electron chi connectivity index (χ1n) is 5.86. The third kappa shape index (κ3) is 2.17. The van der Waals surface area contributed by atoms with Crippen LogP contribution in [0.2, 0.25) is 0 Å². The van der Waals surface area contributed by atoms with Gasteiger partial charge in [-0.25, -0.2) is 4.79 Å². The van der Waals surface area contributed by atoms with Gasteiger partial charge in [-0.05, 0) is 37.5 Å². The number of rotatable bonds is 3. The Morgan fingerprint density at radius 3 is 2.74 bits per heavy atom. The molecule has 0 saturated carbocycles. The third-order valence-corrected chi connectivity index (χ3v) is 3.01. The molecule has 0 atom stereocenters. The minimum atomic E-state index is -0.539. The molecule has 0 radical (unpaired) electrons. The molecule has 0 fully saturated rings. The highest BCUT2D eigenvalue weighted by Crippen LogP contribution is 2.32. The molecule has 0 aliphatic rings. The molecule has 0 aliphatic heterocycles. The quantitative estimate of drug-likeness (QED) is 0.522. The van der Waals surface area contributed by atoms with Crippen molar-refractivity contribution in [1.29, 1.82) is 0 Å². The van der Waals surface area contributed by atoms with E-state index >= 15 is 0 Å². The Bertz CT molecular complexity index is 738. The molecule has 2 rings (SSSR count). The maximum Gasteiger partial charge on any atom is 0.336 e. The second-order valence-electron chi connectivity index (χ2n) is 4.43. The smallest absolute Gasteiger partial charge is 0.336 e. The lowest BCUT2D eigenvalue weighted by molar-refractivity contribution is 0.101. The molecule has 1 N–H and O–H groups in total. The van der Waals surface area contributed by atoms with Crippen LogP contribution < -0.4 is 5.63 Å². The molecule has 0 unspecified atom stereocenters. The summed E-state index contributed by atoms with van der Waals surface area (Å²) in [5.74, 6) is -0.490. The van der Waals surface area contributed by atoms with Gasteiger partial charge in [0.05, 0.1) is 0 Å². The highest BCUT2D eigenvalue weighted by Gasteiger charge is 2.19. The Hall–Kier alpha value is -2.36. The molecule has 4 heteroatoms. The molecule has 2 aromatic rings. The van der Waals surface area contributed by atoms with Crippen LogP contribution in [0.15, 0.2) is 34.0 Å². The van der Waals surface area contributed by atoms with Gasteiger partial charge in [-0.15, -0.1) is 6.58 Å². The fourth-order valence-electron chi connectivity index (χ4n) is 2.13. The first kappa shape index (κ1) is 13.1. The van der Waals surface area contributed by atoms with Gasteiger partial charge in [-0.1, -0.05) is 6.08 Å². The molecule has 1 aromatic carbocycles. The number of benzene rings is 1. The number of phenolic OH excluding ortho intramolecular Hbond substituents is 1. The van der Waals surface area contributed by atoms with E-state index in [2.05, 4.69) is 6.58 Å². The van der Waals surface area contributed by atoms with E-state index in [0.29, 0.717) is 22.9 Å². The van der Waals surface area contributed by atoms with Crippen LogP contribution in [-0.4, -0.2) is 10.9 Å².